The van der Waals surface area contributed by atoms with E-state index >= 15 is 0 Å². The molecule has 0 aromatic heterocycles. The fraction of sp³-hybridized carbons (Fsp3) is 0.423. The maximum atomic E-state index is 13.0. The molecule has 4 rings (SSSR count). The summed E-state index contributed by atoms with van der Waals surface area (Å²) in [6, 6.07) is 13.0. The van der Waals surface area contributed by atoms with Crippen molar-refractivity contribution >= 4 is 17.8 Å². The van der Waals surface area contributed by atoms with Crippen LogP contribution in [-0.4, -0.2) is 48.7 Å². The SMILES string of the molecule is CCOC(=O)[C@H]1[C@H](c2ccc(OC)c(OC3CCCC3)c2)CC(=O)N1NC(=O)c1ccccc1. The quantitative estimate of drug-likeness (QED) is 0.598. The molecule has 1 N–H and O–H groups in total. The number of hydrazine groups is 1. The van der Waals surface area contributed by atoms with Crippen LogP contribution in [0.4, 0.5) is 0 Å². The molecule has 2 fully saturated rings. The van der Waals surface area contributed by atoms with Gasteiger partial charge >= 0.3 is 5.97 Å². The molecule has 34 heavy (non-hydrogen) atoms. The Labute approximate surface area is 199 Å². The van der Waals surface area contributed by atoms with Crippen molar-refractivity contribution in [2.75, 3.05) is 13.7 Å². The van der Waals surface area contributed by atoms with Crippen molar-refractivity contribution in [2.45, 2.75) is 57.1 Å². The first-order valence-electron chi connectivity index (χ1n) is 11.7. The summed E-state index contributed by atoms with van der Waals surface area (Å²) in [5.74, 6) is -0.721. The summed E-state index contributed by atoms with van der Waals surface area (Å²) in [5.41, 5.74) is 3.75. The zero-order valence-corrected chi connectivity index (χ0v) is 19.5. The molecule has 8 heteroatoms. The normalized spacial score (nSPS) is 20.3. The van der Waals surface area contributed by atoms with Gasteiger partial charge in [-0.1, -0.05) is 24.3 Å². The van der Waals surface area contributed by atoms with Crippen molar-refractivity contribution in [3.05, 3.63) is 59.7 Å². The Kier molecular flexibility index (Phi) is 7.35. The molecule has 0 bridgehead atoms. The number of rotatable bonds is 8. The number of carbonyl (C=O) groups excluding carboxylic acids is 3. The Morgan fingerprint density at radius 2 is 1.79 bits per heavy atom. The van der Waals surface area contributed by atoms with Gasteiger partial charge in [-0.15, -0.1) is 0 Å². The summed E-state index contributed by atoms with van der Waals surface area (Å²) in [4.78, 5) is 38.7. The number of ether oxygens (including phenoxy) is 3. The molecular formula is C26H30N2O6. The van der Waals surface area contributed by atoms with E-state index in [1.54, 1.807) is 50.4 Å². The van der Waals surface area contributed by atoms with Gasteiger partial charge in [0, 0.05) is 17.9 Å². The summed E-state index contributed by atoms with van der Waals surface area (Å²) >= 11 is 0. The number of methoxy groups -OCH3 is 1. The van der Waals surface area contributed by atoms with E-state index in [9.17, 15) is 14.4 Å². The van der Waals surface area contributed by atoms with Crippen LogP contribution in [0.3, 0.4) is 0 Å². The first-order valence-corrected chi connectivity index (χ1v) is 11.7. The van der Waals surface area contributed by atoms with Crippen LogP contribution in [0.5, 0.6) is 11.5 Å². The van der Waals surface area contributed by atoms with Gasteiger partial charge in [0.1, 0.15) is 0 Å². The average molecular weight is 467 g/mol. The molecule has 2 atom stereocenters. The zero-order valence-electron chi connectivity index (χ0n) is 19.5. The summed E-state index contributed by atoms with van der Waals surface area (Å²) in [7, 11) is 1.58. The molecule has 0 unspecified atom stereocenters. The Bertz CT molecular complexity index is 1030. The van der Waals surface area contributed by atoms with Crippen LogP contribution in [0.1, 0.15) is 60.9 Å². The van der Waals surface area contributed by atoms with Crippen molar-refractivity contribution in [1.82, 2.24) is 10.4 Å². The average Bonchev–Trinajstić information content (AvgIpc) is 3.47. The molecule has 0 radical (unpaired) electrons. The van der Waals surface area contributed by atoms with Crippen molar-refractivity contribution in [3.63, 3.8) is 0 Å². The monoisotopic (exact) mass is 466 g/mol. The molecular weight excluding hydrogens is 436 g/mol. The molecule has 1 aliphatic carbocycles. The van der Waals surface area contributed by atoms with Gasteiger partial charge in [-0.2, -0.15) is 0 Å². The molecule has 2 amide bonds. The maximum absolute atomic E-state index is 13.0. The van der Waals surface area contributed by atoms with Gasteiger partial charge in [0.2, 0.25) is 5.91 Å². The van der Waals surface area contributed by atoms with Crippen LogP contribution in [0.2, 0.25) is 0 Å². The molecule has 8 nitrogen and oxygen atoms in total. The van der Waals surface area contributed by atoms with E-state index in [1.165, 1.54) is 0 Å². The van der Waals surface area contributed by atoms with Crippen molar-refractivity contribution in [3.8, 4) is 11.5 Å². The summed E-state index contributed by atoms with van der Waals surface area (Å²) < 4.78 is 17.0. The van der Waals surface area contributed by atoms with Gasteiger partial charge in [-0.3, -0.25) is 15.0 Å². The van der Waals surface area contributed by atoms with Crippen LogP contribution >= 0.6 is 0 Å². The molecule has 2 aromatic carbocycles. The lowest BCUT2D eigenvalue weighted by molar-refractivity contribution is -0.153. The first-order chi connectivity index (χ1) is 16.5. The van der Waals surface area contributed by atoms with E-state index in [0.29, 0.717) is 17.1 Å². The lowest BCUT2D eigenvalue weighted by atomic mass is 9.91. The zero-order chi connectivity index (χ0) is 24.1. The number of nitrogens with zero attached hydrogens (tertiary/aromatic N) is 1. The lowest BCUT2D eigenvalue weighted by Gasteiger charge is -2.27. The highest BCUT2D eigenvalue weighted by Crippen LogP contribution is 2.39. The minimum Gasteiger partial charge on any atom is -0.493 e. The second kappa shape index (κ2) is 10.6. The topological polar surface area (TPSA) is 94.2 Å². The Balaban J connectivity index is 1.62. The standard InChI is InChI=1S/C26H30N2O6/c1-3-33-26(31)24-20(16-23(29)28(24)27-25(30)17-9-5-4-6-10-17)18-13-14-21(32-2)22(15-18)34-19-11-7-8-12-19/h4-6,9-10,13-15,19-20,24H,3,7-8,11-12,16H2,1-2H3,(H,27,30)/t20-,24+/m0/s1. The van der Waals surface area contributed by atoms with Gasteiger partial charge in [-0.25, -0.2) is 9.80 Å². The largest absolute Gasteiger partial charge is 0.493 e. The number of nitrogens with one attached hydrogen (secondary N) is 1. The molecule has 1 saturated carbocycles. The second-order valence-electron chi connectivity index (χ2n) is 8.51. The molecule has 0 spiro atoms. The van der Waals surface area contributed by atoms with Gasteiger partial charge in [0.15, 0.2) is 17.5 Å². The van der Waals surface area contributed by atoms with Gasteiger partial charge in [0.05, 0.1) is 19.8 Å². The molecule has 1 heterocycles. The molecule has 2 aromatic rings. The second-order valence-corrected chi connectivity index (χ2v) is 8.51. The molecule has 180 valence electrons. The number of hydrogen-bond donors (Lipinski definition) is 1. The number of amides is 2. The Morgan fingerprint density at radius 3 is 2.47 bits per heavy atom. The minimum absolute atomic E-state index is 0.0494. The number of esters is 1. The van der Waals surface area contributed by atoms with E-state index in [4.69, 9.17) is 14.2 Å². The highest BCUT2D eigenvalue weighted by molar-refractivity contribution is 5.97. The first kappa shape index (κ1) is 23.6. The summed E-state index contributed by atoms with van der Waals surface area (Å²) in [5, 5.41) is 1.11. The van der Waals surface area contributed by atoms with Crippen LogP contribution in [0, 0.1) is 0 Å². The predicted octanol–water partition coefficient (Wildman–Crippen LogP) is 3.61. The van der Waals surface area contributed by atoms with Crippen molar-refractivity contribution < 1.29 is 28.6 Å². The fourth-order valence-electron chi connectivity index (χ4n) is 4.63. The Morgan fingerprint density at radius 1 is 1.06 bits per heavy atom. The van der Waals surface area contributed by atoms with Crippen molar-refractivity contribution in [2.24, 2.45) is 0 Å². The van der Waals surface area contributed by atoms with Gasteiger partial charge in [-0.05, 0) is 62.4 Å². The fourth-order valence-corrected chi connectivity index (χ4v) is 4.63. The van der Waals surface area contributed by atoms with E-state index in [2.05, 4.69) is 5.43 Å². The van der Waals surface area contributed by atoms with Gasteiger partial charge < -0.3 is 14.2 Å². The third-order valence-corrected chi connectivity index (χ3v) is 6.32. The number of hydrogen-bond acceptors (Lipinski definition) is 6. The van der Waals surface area contributed by atoms with E-state index in [-0.39, 0.29) is 25.0 Å². The molecule has 1 aliphatic heterocycles. The highest BCUT2D eigenvalue weighted by atomic mass is 16.5. The van der Waals surface area contributed by atoms with Crippen LogP contribution < -0.4 is 14.9 Å². The van der Waals surface area contributed by atoms with Crippen LogP contribution in [0.25, 0.3) is 0 Å². The Hall–Kier alpha value is -3.55. The minimum atomic E-state index is -0.993. The highest BCUT2D eigenvalue weighted by Gasteiger charge is 2.47. The lowest BCUT2D eigenvalue weighted by Crippen LogP contribution is -2.52. The third kappa shape index (κ3) is 5.00. The number of carbonyl (C=O) groups is 3. The van der Waals surface area contributed by atoms with E-state index in [0.717, 1.165) is 36.3 Å². The summed E-state index contributed by atoms with van der Waals surface area (Å²) in [6.45, 7) is 1.87. The third-order valence-electron chi connectivity index (χ3n) is 6.32. The smallest absolute Gasteiger partial charge is 0.331 e. The maximum Gasteiger partial charge on any atom is 0.331 e. The number of benzene rings is 2. The van der Waals surface area contributed by atoms with E-state index < -0.39 is 23.8 Å². The van der Waals surface area contributed by atoms with Crippen LogP contribution in [0.15, 0.2) is 48.5 Å². The van der Waals surface area contributed by atoms with Crippen LogP contribution in [-0.2, 0) is 14.3 Å². The van der Waals surface area contributed by atoms with Gasteiger partial charge in [0.25, 0.3) is 5.91 Å². The van der Waals surface area contributed by atoms with E-state index in [1.807, 2.05) is 12.1 Å². The van der Waals surface area contributed by atoms with Crippen molar-refractivity contribution in [1.29, 1.82) is 0 Å². The summed E-state index contributed by atoms with van der Waals surface area (Å²) in [6.07, 6.45) is 4.40. The molecule has 1 saturated heterocycles. The molecule has 2 aliphatic rings. The predicted molar refractivity (Wildman–Crippen MR) is 124 cm³/mol.